The largest absolute Gasteiger partial charge is 0.368 e. The summed E-state index contributed by atoms with van der Waals surface area (Å²) in [4.78, 5) is 16.3. The normalized spacial score (nSPS) is 17.0. The van der Waals surface area contributed by atoms with Crippen LogP contribution in [0.1, 0.15) is 30.7 Å². The summed E-state index contributed by atoms with van der Waals surface area (Å²) in [5.41, 5.74) is 1.16. The predicted molar refractivity (Wildman–Crippen MR) is 85.9 cm³/mol. The number of pyridine rings is 1. The molecular weight excluding hydrogens is 326 g/mol. The highest BCUT2D eigenvalue weighted by atomic mass is 16.5. The molecule has 0 aromatic carbocycles. The Morgan fingerprint density at radius 1 is 1.44 bits per heavy atom. The maximum atomic E-state index is 12.0. The summed E-state index contributed by atoms with van der Waals surface area (Å²) in [6.45, 7) is 1.11. The molecule has 25 heavy (non-hydrogen) atoms. The average molecular weight is 343 g/mol. The topological polar surface area (TPSA) is 119 Å². The second-order valence-corrected chi connectivity index (χ2v) is 5.67. The van der Waals surface area contributed by atoms with Gasteiger partial charge in [-0.15, -0.1) is 10.2 Å². The lowest BCUT2D eigenvalue weighted by molar-refractivity contribution is 0.0835. The number of nitrogens with one attached hydrogen (secondary N) is 2. The highest BCUT2D eigenvalue weighted by Crippen LogP contribution is 2.26. The standard InChI is InChI=1S/C15H17N7O3/c23-15(18-10-3-1-7-22-9-17-20-13(10)22)16-6-5-12-19-14(25-21-12)11-4-2-8-24-11/h1,3,7,9,11H,2,4-6,8H2,(H2,16,18,23)/t11-/m1/s1. The minimum Gasteiger partial charge on any atom is -0.368 e. The van der Waals surface area contributed by atoms with Crippen LogP contribution in [0.4, 0.5) is 10.5 Å². The molecule has 10 heteroatoms. The van der Waals surface area contributed by atoms with Crippen molar-refractivity contribution < 1.29 is 14.1 Å². The van der Waals surface area contributed by atoms with E-state index in [1.54, 1.807) is 29.1 Å². The van der Waals surface area contributed by atoms with Crippen molar-refractivity contribution in [2.45, 2.75) is 25.4 Å². The summed E-state index contributed by atoms with van der Waals surface area (Å²) < 4.78 is 12.4. The van der Waals surface area contributed by atoms with Gasteiger partial charge < -0.3 is 19.9 Å². The Kier molecular flexibility index (Phi) is 4.25. The number of carbonyl (C=O) groups excluding carboxylic acids is 1. The van der Waals surface area contributed by atoms with Crippen molar-refractivity contribution >= 4 is 17.4 Å². The van der Waals surface area contributed by atoms with Gasteiger partial charge >= 0.3 is 6.03 Å². The second-order valence-electron chi connectivity index (χ2n) is 5.67. The van der Waals surface area contributed by atoms with Crippen LogP contribution in [-0.4, -0.2) is 43.9 Å². The molecule has 10 nitrogen and oxygen atoms in total. The first-order chi connectivity index (χ1) is 12.3. The van der Waals surface area contributed by atoms with Crippen LogP contribution in [0.5, 0.6) is 0 Å². The minimum atomic E-state index is -0.334. The summed E-state index contributed by atoms with van der Waals surface area (Å²) in [6.07, 6.45) is 5.65. The molecule has 1 saturated heterocycles. The van der Waals surface area contributed by atoms with Crippen LogP contribution in [0.3, 0.4) is 0 Å². The lowest BCUT2D eigenvalue weighted by Gasteiger charge is -2.07. The Balaban J connectivity index is 1.28. The zero-order valence-corrected chi connectivity index (χ0v) is 13.4. The monoisotopic (exact) mass is 343 g/mol. The van der Waals surface area contributed by atoms with E-state index in [1.807, 2.05) is 0 Å². The summed E-state index contributed by atoms with van der Waals surface area (Å²) >= 11 is 0. The van der Waals surface area contributed by atoms with E-state index in [0.717, 1.165) is 19.4 Å². The van der Waals surface area contributed by atoms with Crippen molar-refractivity contribution in [2.24, 2.45) is 0 Å². The van der Waals surface area contributed by atoms with Crippen LogP contribution in [-0.2, 0) is 11.2 Å². The number of urea groups is 1. The minimum absolute atomic E-state index is 0.0962. The molecule has 1 aliphatic heterocycles. The van der Waals surface area contributed by atoms with Gasteiger partial charge in [0.2, 0.25) is 0 Å². The van der Waals surface area contributed by atoms with Gasteiger partial charge in [0.15, 0.2) is 11.5 Å². The van der Waals surface area contributed by atoms with E-state index < -0.39 is 0 Å². The fraction of sp³-hybridized carbons (Fsp3) is 0.400. The number of amides is 2. The molecule has 3 aromatic heterocycles. The van der Waals surface area contributed by atoms with Gasteiger partial charge in [0.1, 0.15) is 12.4 Å². The first-order valence-electron chi connectivity index (χ1n) is 8.07. The number of ether oxygens (including phenoxy) is 1. The van der Waals surface area contributed by atoms with Crippen LogP contribution in [0.15, 0.2) is 29.2 Å². The van der Waals surface area contributed by atoms with E-state index in [2.05, 4.69) is 31.0 Å². The number of nitrogens with zero attached hydrogens (tertiary/aromatic N) is 5. The smallest absolute Gasteiger partial charge is 0.319 e. The molecule has 4 rings (SSSR count). The summed E-state index contributed by atoms with van der Waals surface area (Å²) in [7, 11) is 0. The Morgan fingerprint density at radius 2 is 2.40 bits per heavy atom. The number of hydrogen-bond acceptors (Lipinski definition) is 7. The molecule has 2 amide bonds. The molecule has 0 bridgehead atoms. The van der Waals surface area contributed by atoms with E-state index in [4.69, 9.17) is 9.26 Å². The van der Waals surface area contributed by atoms with E-state index in [9.17, 15) is 4.79 Å². The molecular formula is C15H17N7O3. The molecule has 0 unspecified atom stereocenters. The molecule has 3 aromatic rings. The fourth-order valence-electron chi connectivity index (χ4n) is 2.68. The van der Waals surface area contributed by atoms with E-state index in [0.29, 0.717) is 36.0 Å². The van der Waals surface area contributed by atoms with Crippen LogP contribution in [0.2, 0.25) is 0 Å². The maximum Gasteiger partial charge on any atom is 0.319 e. The van der Waals surface area contributed by atoms with Gasteiger partial charge in [-0.05, 0) is 25.0 Å². The molecule has 0 saturated carbocycles. The van der Waals surface area contributed by atoms with Crippen LogP contribution in [0.25, 0.3) is 5.65 Å². The number of fused-ring (bicyclic) bond motifs is 1. The molecule has 0 aliphatic carbocycles. The van der Waals surface area contributed by atoms with Crippen molar-refractivity contribution in [1.82, 2.24) is 30.1 Å². The quantitative estimate of drug-likeness (QED) is 0.717. The zero-order chi connectivity index (χ0) is 17.1. The van der Waals surface area contributed by atoms with Crippen molar-refractivity contribution in [3.8, 4) is 0 Å². The van der Waals surface area contributed by atoms with Gasteiger partial charge in [-0.3, -0.25) is 4.40 Å². The van der Waals surface area contributed by atoms with Crippen LogP contribution in [0, 0.1) is 0 Å². The molecule has 1 aliphatic rings. The van der Waals surface area contributed by atoms with Crippen molar-refractivity contribution in [3.05, 3.63) is 36.4 Å². The van der Waals surface area contributed by atoms with Crippen molar-refractivity contribution in [1.29, 1.82) is 0 Å². The lowest BCUT2D eigenvalue weighted by Crippen LogP contribution is -2.30. The second kappa shape index (κ2) is 6.85. The lowest BCUT2D eigenvalue weighted by atomic mass is 10.2. The van der Waals surface area contributed by atoms with Gasteiger partial charge in [-0.2, -0.15) is 4.98 Å². The van der Waals surface area contributed by atoms with Crippen LogP contribution >= 0.6 is 0 Å². The van der Waals surface area contributed by atoms with Crippen molar-refractivity contribution in [3.63, 3.8) is 0 Å². The first kappa shape index (κ1) is 15.5. The Bertz CT molecular complexity index is 869. The molecule has 0 spiro atoms. The number of rotatable bonds is 5. The third kappa shape index (κ3) is 3.43. The molecule has 2 N–H and O–H groups in total. The van der Waals surface area contributed by atoms with Gasteiger partial charge in [0.05, 0.1) is 5.69 Å². The van der Waals surface area contributed by atoms with E-state index in [-0.39, 0.29) is 12.1 Å². The number of anilines is 1. The summed E-state index contributed by atoms with van der Waals surface area (Å²) in [6, 6.07) is 3.23. The third-order valence-corrected chi connectivity index (χ3v) is 3.89. The van der Waals surface area contributed by atoms with Gasteiger partial charge in [0.25, 0.3) is 5.89 Å². The fourth-order valence-corrected chi connectivity index (χ4v) is 2.68. The molecule has 1 atom stereocenters. The van der Waals surface area contributed by atoms with Gasteiger partial charge in [-0.25, -0.2) is 4.79 Å². The zero-order valence-electron chi connectivity index (χ0n) is 13.4. The molecule has 0 radical (unpaired) electrons. The van der Waals surface area contributed by atoms with E-state index >= 15 is 0 Å². The maximum absolute atomic E-state index is 12.0. The highest BCUT2D eigenvalue weighted by molar-refractivity contribution is 5.92. The van der Waals surface area contributed by atoms with Crippen molar-refractivity contribution in [2.75, 3.05) is 18.5 Å². The number of carbonyl (C=O) groups is 1. The SMILES string of the molecule is O=C(NCCc1noc([C@H]2CCCO2)n1)Nc1cccn2cnnc12. The highest BCUT2D eigenvalue weighted by Gasteiger charge is 2.23. The van der Waals surface area contributed by atoms with Gasteiger partial charge in [0, 0.05) is 25.8 Å². The summed E-state index contributed by atoms with van der Waals surface area (Å²) in [5, 5.41) is 17.2. The third-order valence-electron chi connectivity index (χ3n) is 3.89. The Hall–Kier alpha value is -3.01. The number of aromatic nitrogens is 5. The average Bonchev–Trinajstić information content (AvgIpc) is 3.36. The Labute approximate surface area is 142 Å². The van der Waals surface area contributed by atoms with Crippen LogP contribution < -0.4 is 10.6 Å². The molecule has 1 fully saturated rings. The molecule has 130 valence electrons. The summed E-state index contributed by atoms with van der Waals surface area (Å²) in [5.74, 6) is 1.06. The molecule has 4 heterocycles. The van der Waals surface area contributed by atoms with E-state index in [1.165, 1.54) is 0 Å². The number of hydrogen-bond donors (Lipinski definition) is 2. The predicted octanol–water partition coefficient (Wildman–Crippen LogP) is 1.33. The Morgan fingerprint density at radius 3 is 3.28 bits per heavy atom. The first-order valence-corrected chi connectivity index (χ1v) is 8.07. The van der Waals surface area contributed by atoms with Gasteiger partial charge in [-0.1, -0.05) is 5.16 Å².